The number of anilines is 1. The van der Waals surface area contributed by atoms with Crippen molar-refractivity contribution in [2.75, 3.05) is 18.4 Å². The maximum Gasteiger partial charge on any atom is 0.298 e. The normalized spacial score (nSPS) is 15.3. The Labute approximate surface area is 219 Å². The van der Waals surface area contributed by atoms with Gasteiger partial charge in [-0.05, 0) is 56.4 Å². The zero-order valence-corrected chi connectivity index (χ0v) is 20.8. The Morgan fingerprint density at radius 3 is 2.74 bits per heavy atom. The van der Waals surface area contributed by atoms with E-state index in [1.807, 2.05) is 18.2 Å². The molecule has 1 atom stereocenters. The van der Waals surface area contributed by atoms with Crippen molar-refractivity contribution < 1.29 is 18.7 Å². The van der Waals surface area contributed by atoms with Crippen LogP contribution in [0.15, 0.2) is 61.1 Å². The standard InChI is InChI=1S/C29H26FN5O3/c1-2-8-25(36)35-14-7-6-9-19(17-35)34-29-26-23(16-31-28(26)32-18-33-29)27(37)22-13-12-21(15-24(22)30)38-20-10-4-3-5-11-20/h3-5,10-13,15-16,18-19H,6-7,9,14,17H2,1H3,(H2,31,32,33,34). The van der Waals surface area contributed by atoms with E-state index in [-0.39, 0.29) is 28.8 Å². The molecule has 9 heteroatoms. The third-order valence-corrected chi connectivity index (χ3v) is 6.41. The summed E-state index contributed by atoms with van der Waals surface area (Å²) in [5, 5.41) is 3.86. The van der Waals surface area contributed by atoms with E-state index < -0.39 is 11.6 Å². The summed E-state index contributed by atoms with van der Waals surface area (Å²) in [6.45, 7) is 2.74. The van der Waals surface area contributed by atoms with Crippen LogP contribution in [0.2, 0.25) is 0 Å². The fraction of sp³-hybridized carbons (Fsp3) is 0.241. The molecule has 8 nitrogen and oxygen atoms in total. The number of nitrogens with zero attached hydrogens (tertiary/aromatic N) is 3. The number of nitrogens with one attached hydrogen (secondary N) is 2. The highest BCUT2D eigenvalue weighted by atomic mass is 19.1. The molecule has 192 valence electrons. The minimum Gasteiger partial charge on any atom is -0.457 e. The molecule has 1 unspecified atom stereocenters. The lowest BCUT2D eigenvalue weighted by atomic mass is 10.0. The topological polar surface area (TPSA) is 100 Å². The van der Waals surface area contributed by atoms with Crippen LogP contribution in [0.4, 0.5) is 10.2 Å². The molecule has 1 saturated heterocycles. The predicted octanol–water partition coefficient (Wildman–Crippen LogP) is 4.94. The zero-order chi connectivity index (χ0) is 26.5. The highest BCUT2D eigenvalue weighted by Crippen LogP contribution is 2.29. The Morgan fingerprint density at radius 1 is 1.11 bits per heavy atom. The van der Waals surface area contributed by atoms with E-state index in [9.17, 15) is 9.59 Å². The van der Waals surface area contributed by atoms with Gasteiger partial charge in [-0.15, -0.1) is 0 Å². The van der Waals surface area contributed by atoms with Crippen molar-refractivity contribution in [3.63, 3.8) is 0 Å². The first-order valence-electron chi connectivity index (χ1n) is 12.4. The Hall–Kier alpha value is -4.71. The van der Waals surface area contributed by atoms with Crippen molar-refractivity contribution in [3.05, 3.63) is 78.0 Å². The molecule has 3 heterocycles. The van der Waals surface area contributed by atoms with Gasteiger partial charge in [0.1, 0.15) is 35.1 Å². The number of likely N-dealkylation sites (tertiary alicyclic amines) is 1. The van der Waals surface area contributed by atoms with Crippen LogP contribution in [-0.2, 0) is 4.79 Å². The molecule has 38 heavy (non-hydrogen) atoms. The van der Waals surface area contributed by atoms with Gasteiger partial charge in [0.05, 0.1) is 16.5 Å². The minimum atomic E-state index is -0.695. The number of aromatic nitrogens is 3. The Bertz CT molecular complexity index is 1540. The van der Waals surface area contributed by atoms with E-state index in [4.69, 9.17) is 4.74 Å². The van der Waals surface area contributed by atoms with Crippen molar-refractivity contribution in [2.45, 2.75) is 32.2 Å². The third-order valence-electron chi connectivity index (χ3n) is 6.41. The van der Waals surface area contributed by atoms with E-state index in [0.29, 0.717) is 35.7 Å². The SMILES string of the molecule is CC#CC(=O)N1CCCCC(Nc2ncnc3[nH]cc(C(=O)c4ccc(Oc5ccccc5)cc4F)c23)C1. The highest BCUT2D eigenvalue weighted by Gasteiger charge is 2.25. The lowest BCUT2D eigenvalue weighted by Gasteiger charge is -2.24. The maximum atomic E-state index is 15.1. The number of aromatic amines is 1. The van der Waals surface area contributed by atoms with Gasteiger partial charge < -0.3 is 19.9 Å². The van der Waals surface area contributed by atoms with Crippen molar-refractivity contribution >= 4 is 28.5 Å². The van der Waals surface area contributed by atoms with Crippen molar-refractivity contribution in [1.82, 2.24) is 19.9 Å². The summed E-state index contributed by atoms with van der Waals surface area (Å²) < 4.78 is 20.8. The van der Waals surface area contributed by atoms with Gasteiger partial charge in [0.2, 0.25) is 0 Å². The monoisotopic (exact) mass is 511 g/mol. The molecule has 1 amide bonds. The van der Waals surface area contributed by atoms with Gasteiger partial charge in [-0.3, -0.25) is 9.59 Å². The Balaban J connectivity index is 1.41. The van der Waals surface area contributed by atoms with E-state index in [1.165, 1.54) is 24.7 Å². The smallest absolute Gasteiger partial charge is 0.298 e. The highest BCUT2D eigenvalue weighted by molar-refractivity contribution is 6.18. The average molecular weight is 512 g/mol. The van der Waals surface area contributed by atoms with Gasteiger partial charge in [-0.25, -0.2) is 14.4 Å². The van der Waals surface area contributed by atoms with Gasteiger partial charge in [0.15, 0.2) is 5.78 Å². The molecule has 4 aromatic rings. The Kier molecular flexibility index (Phi) is 7.31. The van der Waals surface area contributed by atoms with E-state index in [1.54, 1.807) is 30.0 Å². The van der Waals surface area contributed by atoms with E-state index in [2.05, 4.69) is 32.1 Å². The summed E-state index contributed by atoms with van der Waals surface area (Å²) in [6, 6.07) is 13.1. The summed E-state index contributed by atoms with van der Waals surface area (Å²) in [7, 11) is 0. The molecular weight excluding hydrogens is 485 g/mol. The molecule has 2 N–H and O–H groups in total. The van der Waals surface area contributed by atoms with Gasteiger partial charge in [-0.2, -0.15) is 0 Å². The largest absolute Gasteiger partial charge is 0.457 e. The predicted molar refractivity (Wildman–Crippen MR) is 142 cm³/mol. The molecule has 0 bridgehead atoms. The van der Waals surface area contributed by atoms with Crippen LogP contribution in [0.3, 0.4) is 0 Å². The van der Waals surface area contributed by atoms with Crippen molar-refractivity contribution in [1.29, 1.82) is 0 Å². The van der Waals surface area contributed by atoms with E-state index in [0.717, 1.165) is 19.3 Å². The molecule has 5 rings (SSSR count). The summed E-state index contributed by atoms with van der Waals surface area (Å²) in [5.74, 6) is 5.16. The van der Waals surface area contributed by atoms with Crippen LogP contribution in [0, 0.1) is 17.7 Å². The van der Waals surface area contributed by atoms with Gasteiger partial charge >= 0.3 is 0 Å². The number of benzene rings is 2. The maximum absolute atomic E-state index is 15.1. The number of carbonyl (C=O) groups is 2. The van der Waals surface area contributed by atoms with Crippen molar-refractivity contribution in [2.24, 2.45) is 0 Å². The number of rotatable bonds is 6. The van der Waals surface area contributed by atoms with Gasteiger partial charge in [0.25, 0.3) is 5.91 Å². The second kappa shape index (κ2) is 11.1. The van der Waals surface area contributed by atoms with Crippen LogP contribution in [-0.4, -0.2) is 50.7 Å². The summed E-state index contributed by atoms with van der Waals surface area (Å²) in [5.41, 5.74) is 0.608. The van der Waals surface area contributed by atoms with Crippen molar-refractivity contribution in [3.8, 4) is 23.3 Å². The second-order valence-corrected chi connectivity index (χ2v) is 9.00. The van der Waals surface area contributed by atoms with Crippen LogP contribution in [0.5, 0.6) is 11.5 Å². The molecule has 0 spiro atoms. The number of amides is 1. The number of hydrogen-bond acceptors (Lipinski definition) is 6. The molecule has 2 aromatic heterocycles. The molecule has 2 aromatic carbocycles. The van der Waals surface area contributed by atoms with Crippen LogP contribution >= 0.6 is 0 Å². The fourth-order valence-corrected chi connectivity index (χ4v) is 4.59. The molecule has 0 saturated carbocycles. The molecule has 1 aliphatic heterocycles. The molecular formula is C29H26FN5O3. The molecule has 1 aliphatic rings. The summed E-state index contributed by atoms with van der Waals surface area (Å²) in [4.78, 5) is 39.2. The third kappa shape index (κ3) is 5.34. The average Bonchev–Trinajstić information content (AvgIpc) is 3.22. The Morgan fingerprint density at radius 2 is 1.95 bits per heavy atom. The number of hydrogen-bond donors (Lipinski definition) is 2. The number of ether oxygens (including phenoxy) is 1. The lowest BCUT2D eigenvalue weighted by Crippen LogP contribution is -2.38. The zero-order valence-electron chi connectivity index (χ0n) is 20.8. The second-order valence-electron chi connectivity index (χ2n) is 9.00. The van der Waals surface area contributed by atoms with E-state index >= 15 is 4.39 Å². The lowest BCUT2D eigenvalue weighted by molar-refractivity contribution is -0.125. The number of fused-ring (bicyclic) bond motifs is 1. The van der Waals surface area contributed by atoms with Gasteiger partial charge in [0, 0.05) is 31.4 Å². The molecule has 0 aliphatic carbocycles. The van der Waals surface area contributed by atoms with Crippen LogP contribution < -0.4 is 10.1 Å². The first-order chi connectivity index (χ1) is 18.5. The molecule has 1 fully saturated rings. The first-order valence-corrected chi connectivity index (χ1v) is 12.4. The van der Waals surface area contributed by atoms with Crippen LogP contribution in [0.1, 0.15) is 42.1 Å². The summed E-state index contributed by atoms with van der Waals surface area (Å²) in [6.07, 6.45) is 5.54. The number of H-pyrrole nitrogens is 1. The first kappa shape index (κ1) is 25.0. The van der Waals surface area contributed by atoms with Gasteiger partial charge in [-0.1, -0.05) is 24.1 Å². The number of halogens is 1. The fourth-order valence-electron chi connectivity index (χ4n) is 4.59. The number of carbonyl (C=O) groups excluding carboxylic acids is 2. The minimum absolute atomic E-state index is 0.0921. The number of para-hydroxylation sites is 1. The molecule has 0 radical (unpaired) electrons. The quantitative estimate of drug-likeness (QED) is 0.281. The van der Waals surface area contributed by atoms with Crippen LogP contribution in [0.25, 0.3) is 11.0 Å². The summed E-state index contributed by atoms with van der Waals surface area (Å²) >= 11 is 0. The number of ketones is 1.